The summed E-state index contributed by atoms with van der Waals surface area (Å²) in [7, 11) is 1.49. The van der Waals surface area contributed by atoms with Gasteiger partial charge in [-0.15, -0.1) is 11.3 Å². The average molecular weight is 483 g/mol. The molecule has 0 fully saturated rings. The number of aryl methyl sites for hydroxylation is 1. The number of nitrogens with zero attached hydrogens (tertiary/aromatic N) is 2. The highest BCUT2D eigenvalue weighted by Gasteiger charge is 2.18. The molecule has 2 aromatic heterocycles. The van der Waals surface area contributed by atoms with E-state index in [1.54, 1.807) is 41.1 Å². The molecule has 0 radical (unpaired) electrons. The van der Waals surface area contributed by atoms with E-state index in [1.165, 1.54) is 30.6 Å². The Morgan fingerprint density at radius 3 is 2.50 bits per heavy atom. The van der Waals surface area contributed by atoms with Crippen LogP contribution in [0.25, 0.3) is 10.2 Å². The summed E-state index contributed by atoms with van der Waals surface area (Å²) in [6.45, 7) is 4.63. The zero-order valence-electron chi connectivity index (χ0n) is 18.8. The number of carbonyl (C=O) groups is 2. The molecule has 0 atom stereocenters. The third-order valence-corrected chi connectivity index (χ3v) is 6.24. The number of hydrogen-bond donors (Lipinski definition) is 2. The van der Waals surface area contributed by atoms with Crippen LogP contribution in [-0.4, -0.2) is 35.3 Å². The Morgan fingerprint density at radius 2 is 1.79 bits per heavy atom. The van der Waals surface area contributed by atoms with E-state index < -0.39 is 11.8 Å². The molecule has 176 valence electrons. The molecule has 10 heteroatoms. The number of fused-ring (bicyclic) bond motifs is 1. The molecule has 0 spiro atoms. The Morgan fingerprint density at radius 1 is 1.06 bits per heavy atom. The van der Waals surface area contributed by atoms with Crippen molar-refractivity contribution >= 4 is 33.4 Å². The van der Waals surface area contributed by atoms with E-state index >= 15 is 0 Å². The Bertz CT molecular complexity index is 1350. The highest BCUT2D eigenvalue weighted by atomic mass is 32.1. The highest BCUT2D eigenvalue weighted by molar-refractivity contribution is 7.20. The van der Waals surface area contributed by atoms with Gasteiger partial charge in [0.15, 0.2) is 11.5 Å². The quantitative estimate of drug-likeness (QED) is 0.387. The van der Waals surface area contributed by atoms with Crippen LogP contribution in [0.15, 0.2) is 48.5 Å². The first-order valence-corrected chi connectivity index (χ1v) is 11.3. The first-order chi connectivity index (χ1) is 16.4. The smallest absolute Gasteiger partial charge is 0.279 e. The van der Waals surface area contributed by atoms with Gasteiger partial charge < -0.3 is 9.47 Å². The van der Waals surface area contributed by atoms with Gasteiger partial charge in [-0.05, 0) is 55.8 Å². The summed E-state index contributed by atoms with van der Waals surface area (Å²) in [6.07, 6.45) is 0. The van der Waals surface area contributed by atoms with E-state index in [0.29, 0.717) is 35.1 Å². The van der Waals surface area contributed by atoms with Crippen LogP contribution < -0.4 is 20.3 Å². The van der Waals surface area contributed by atoms with Gasteiger partial charge in [0, 0.05) is 10.9 Å². The summed E-state index contributed by atoms with van der Waals surface area (Å²) in [6, 6.07) is 12.7. The molecular formula is C24H23FN4O4S. The molecule has 0 aliphatic heterocycles. The second kappa shape index (κ2) is 9.92. The zero-order chi connectivity index (χ0) is 24.2. The fourth-order valence-electron chi connectivity index (χ4n) is 3.43. The van der Waals surface area contributed by atoms with Crippen molar-refractivity contribution in [2.75, 3.05) is 13.7 Å². The van der Waals surface area contributed by atoms with Crippen LogP contribution in [0.2, 0.25) is 0 Å². The van der Waals surface area contributed by atoms with Crippen molar-refractivity contribution in [1.29, 1.82) is 0 Å². The number of amides is 2. The summed E-state index contributed by atoms with van der Waals surface area (Å²) in [5.41, 5.74) is 6.85. The maximum Gasteiger partial charge on any atom is 0.279 e. The maximum absolute atomic E-state index is 13.2. The molecule has 2 aromatic carbocycles. The number of benzene rings is 2. The van der Waals surface area contributed by atoms with Crippen molar-refractivity contribution in [2.24, 2.45) is 0 Å². The minimum absolute atomic E-state index is 0.300. The zero-order valence-corrected chi connectivity index (χ0v) is 19.7. The minimum Gasteiger partial charge on any atom is -0.493 e. The van der Waals surface area contributed by atoms with Crippen molar-refractivity contribution < 1.29 is 23.5 Å². The normalized spacial score (nSPS) is 10.8. The van der Waals surface area contributed by atoms with Crippen molar-refractivity contribution in [3.05, 3.63) is 76.0 Å². The van der Waals surface area contributed by atoms with Crippen molar-refractivity contribution in [3.8, 4) is 11.5 Å². The fourth-order valence-corrected chi connectivity index (χ4v) is 4.48. The molecule has 8 nitrogen and oxygen atoms in total. The number of rotatable bonds is 7. The van der Waals surface area contributed by atoms with Gasteiger partial charge in [-0.3, -0.25) is 25.1 Å². The predicted octanol–water partition coefficient (Wildman–Crippen LogP) is 4.08. The molecular weight excluding hydrogens is 459 g/mol. The molecule has 0 bridgehead atoms. The van der Waals surface area contributed by atoms with Crippen LogP contribution in [0.4, 0.5) is 4.39 Å². The Kier molecular flexibility index (Phi) is 6.78. The number of thiophene rings is 1. The molecule has 4 aromatic rings. The largest absolute Gasteiger partial charge is 0.493 e. The summed E-state index contributed by atoms with van der Waals surface area (Å²) >= 11 is 1.26. The Balaban J connectivity index is 1.46. The molecule has 0 saturated heterocycles. The van der Waals surface area contributed by atoms with Gasteiger partial charge in [-0.2, -0.15) is 5.10 Å². The van der Waals surface area contributed by atoms with Crippen molar-refractivity contribution in [1.82, 2.24) is 20.6 Å². The van der Waals surface area contributed by atoms with Gasteiger partial charge in [-0.25, -0.2) is 4.39 Å². The van der Waals surface area contributed by atoms with E-state index in [1.807, 2.05) is 13.8 Å². The first kappa shape index (κ1) is 23.2. The lowest BCUT2D eigenvalue weighted by atomic mass is 10.2. The maximum atomic E-state index is 13.2. The van der Waals surface area contributed by atoms with Crippen LogP contribution in [0.1, 0.15) is 38.2 Å². The third kappa shape index (κ3) is 4.86. The molecule has 0 saturated carbocycles. The van der Waals surface area contributed by atoms with Gasteiger partial charge in [0.1, 0.15) is 10.6 Å². The van der Waals surface area contributed by atoms with Crippen LogP contribution in [0.5, 0.6) is 11.5 Å². The van der Waals surface area contributed by atoms with Gasteiger partial charge in [-0.1, -0.05) is 12.1 Å². The Labute approximate surface area is 199 Å². The van der Waals surface area contributed by atoms with Crippen molar-refractivity contribution in [2.45, 2.75) is 20.4 Å². The van der Waals surface area contributed by atoms with E-state index in [9.17, 15) is 14.0 Å². The average Bonchev–Trinajstić information content (AvgIpc) is 3.40. The molecule has 0 unspecified atom stereocenters. The number of halogens is 1. The SMILES string of the molecule is CCOc1ccc(C(=O)NNC(=O)c2cc3c(C)nn(Cc4ccc(F)cc4)c3s2)cc1OC. The van der Waals surface area contributed by atoms with Crippen LogP contribution in [0.3, 0.4) is 0 Å². The molecule has 2 heterocycles. The molecule has 34 heavy (non-hydrogen) atoms. The van der Waals surface area contributed by atoms with Gasteiger partial charge >= 0.3 is 0 Å². The third-order valence-electron chi connectivity index (χ3n) is 5.09. The second-order valence-electron chi connectivity index (χ2n) is 7.41. The molecule has 0 aliphatic carbocycles. The van der Waals surface area contributed by atoms with Crippen LogP contribution in [0, 0.1) is 12.7 Å². The number of methoxy groups -OCH3 is 1. The lowest BCUT2D eigenvalue weighted by molar-refractivity contribution is 0.0848. The molecule has 2 N–H and O–H groups in total. The van der Waals surface area contributed by atoms with Gasteiger partial charge in [0.25, 0.3) is 11.8 Å². The number of hydrogen-bond acceptors (Lipinski definition) is 6. The molecule has 4 rings (SSSR count). The van der Waals surface area contributed by atoms with E-state index in [2.05, 4.69) is 16.0 Å². The van der Waals surface area contributed by atoms with Gasteiger partial charge in [0.05, 0.1) is 30.8 Å². The first-order valence-electron chi connectivity index (χ1n) is 10.5. The number of hydrazine groups is 1. The molecule has 0 aliphatic rings. The monoisotopic (exact) mass is 482 g/mol. The van der Waals surface area contributed by atoms with E-state index in [0.717, 1.165) is 21.5 Å². The standard InChI is InChI=1S/C24H23FN4O4S/c1-4-33-19-10-7-16(11-20(19)32-3)22(30)26-27-23(31)21-12-18-14(2)28-29(24(18)34-21)13-15-5-8-17(25)9-6-15/h5-12H,4,13H2,1-3H3,(H,26,30)(H,27,31). The lowest BCUT2D eigenvalue weighted by Gasteiger charge is -2.11. The molecule has 2 amide bonds. The number of carbonyl (C=O) groups excluding carboxylic acids is 2. The van der Waals surface area contributed by atoms with E-state index in [4.69, 9.17) is 9.47 Å². The van der Waals surface area contributed by atoms with Crippen molar-refractivity contribution in [3.63, 3.8) is 0 Å². The summed E-state index contributed by atoms with van der Waals surface area (Å²) in [5.74, 6) is -0.284. The van der Waals surface area contributed by atoms with Gasteiger partial charge in [0.2, 0.25) is 0 Å². The summed E-state index contributed by atoms with van der Waals surface area (Å²) < 4.78 is 25.7. The lowest BCUT2D eigenvalue weighted by Crippen LogP contribution is -2.41. The minimum atomic E-state index is -0.491. The van der Waals surface area contributed by atoms with Crippen LogP contribution >= 0.6 is 11.3 Å². The number of ether oxygens (including phenoxy) is 2. The number of aromatic nitrogens is 2. The fraction of sp³-hybridized carbons (Fsp3) is 0.208. The highest BCUT2D eigenvalue weighted by Crippen LogP contribution is 2.29. The van der Waals surface area contributed by atoms with Crippen LogP contribution in [-0.2, 0) is 6.54 Å². The van der Waals surface area contributed by atoms with E-state index in [-0.39, 0.29) is 5.82 Å². The summed E-state index contributed by atoms with van der Waals surface area (Å²) in [4.78, 5) is 26.5. The second-order valence-corrected chi connectivity index (χ2v) is 8.44. The summed E-state index contributed by atoms with van der Waals surface area (Å²) in [5, 5.41) is 5.38. The topological polar surface area (TPSA) is 94.5 Å². The predicted molar refractivity (Wildman–Crippen MR) is 127 cm³/mol. The Hall–Kier alpha value is -3.92. The number of nitrogens with one attached hydrogen (secondary N) is 2.